The van der Waals surface area contributed by atoms with Crippen molar-refractivity contribution in [1.29, 1.82) is 0 Å². The maximum atomic E-state index is 10.4. The molecule has 2 rings (SSSR count). The minimum absolute atomic E-state index is 0.582. The number of nitrogens with one attached hydrogen (secondary N) is 1. The summed E-state index contributed by atoms with van der Waals surface area (Å²) < 4.78 is 0. The second-order valence-corrected chi connectivity index (χ2v) is 6.20. The summed E-state index contributed by atoms with van der Waals surface area (Å²) >= 11 is 13.6. The SMILES string of the molecule is OC1(CSc2cc(Cl)ccc2Cl)CCNCC1. The van der Waals surface area contributed by atoms with Gasteiger partial charge in [-0.2, -0.15) is 0 Å². The highest BCUT2D eigenvalue weighted by Gasteiger charge is 2.29. The third kappa shape index (κ3) is 3.76. The van der Waals surface area contributed by atoms with Crippen LogP contribution in [-0.2, 0) is 0 Å². The molecule has 0 unspecified atom stereocenters. The quantitative estimate of drug-likeness (QED) is 0.839. The van der Waals surface area contributed by atoms with Crippen LogP contribution in [0.2, 0.25) is 10.0 Å². The second-order valence-electron chi connectivity index (χ2n) is 4.34. The van der Waals surface area contributed by atoms with Crippen molar-refractivity contribution < 1.29 is 5.11 Å². The van der Waals surface area contributed by atoms with Crippen LogP contribution in [0.15, 0.2) is 23.1 Å². The maximum Gasteiger partial charge on any atom is 0.0765 e. The van der Waals surface area contributed by atoms with Crippen LogP contribution >= 0.6 is 35.0 Å². The predicted octanol–water partition coefficient (Wildman–Crippen LogP) is 3.20. The normalized spacial score (nSPS) is 19.2. The van der Waals surface area contributed by atoms with Gasteiger partial charge >= 0.3 is 0 Å². The van der Waals surface area contributed by atoms with Gasteiger partial charge in [-0.1, -0.05) is 23.2 Å². The average molecular weight is 292 g/mol. The van der Waals surface area contributed by atoms with Gasteiger partial charge < -0.3 is 10.4 Å². The van der Waals surface area contributed by atoms with Crippen LogP contribution in [0.4, 0.5) is 0 Å². The minimum Gasteiger partial charge on any atom is -0.389 e. The minimum atomic E-state index is -0.582. The first-order valence-corrected chi connectivity index (χ1v) is 7.34. The van der Waals surface area contributed by atoms with Crippen LogP contribution in [-0.4, -0.2) is 29.5 Å². The number of benzene rings is 1. The van der Waals surface area contributed by atoms with Crippen molar-refractivity contribution in [3.05, 3.63) is 28.2 Å². The second kappa shape index (κ2) is 5.81. The fraction of sp³-hybridized carbons (Fsp3) is 0.500. The molecule has 1 aromatic rings. The lowest BCUT2D eigenvalue weighted by Crippen LogP contribution is -2.43. The van der Waals surface area contributed by atoms with Crippen molar-refractivity contribution in [2.45, 2.75) is 23.3 Å². The zero-order valence-electron chi connectivity index (χ0n) is 9.38. The van der Waals surface area contributed by atoms with E-state index in [1.807, 2.05) is 6.07 Å². The zero-order valence-corrected chi connectivity index (χ0v) is 11.7. The third-order valence-electron chi connectivity index (χ3n) is 2.92. The molecule has 0 spiro atoms. The van der Waals surface area contributed by atoms with E-state index in [4.69, 9.17) is 23.2 Å². The van der Waals surface area contributed by atoms with E-state index in [2.05, 4.69) is 5.32 Å². The Hall–Kier alpha value is 0.0700. The predicted molar refractivity (Wildman–Crippen MR) is 74.2 cm³/mol. The molecule has 94 valence electrons. The molecule has 5 heteroatoms. The van der Waals surface area contributed by atoms with E-state index in [1.54, 1.807) is 23.9 Å². The van der Waals surface area contributed by atoms with Crippen molar-refractivity contribution >= 4 is 35.0 Å². The zero-order chi connectivity index (χ0) is 12.3. The monoisotopic (exact) mass is 291 g/mol. The first-order chi connectivity index (χ1) is 8.09. The number of rotatable bonds is 3. The first kappa shape index (κ1) is 13.5. The number of aliphatic hydroxyl groups is 1. The van der Waals surface area contributed by atoms with Gasteiger partial charge in [0.15, 0.2) is 0 Å². The first-order valence-electron chi connectivity index (χ1n) is 5.60. The number of halogens is 2. The van der Waals surface area contributed by atoms with E-state index in [1.165, 1.54) is 0 Å². The molecule has 0 radical (unpaired) electrons. The van der Waals surface area contributed by atoms with Gasteiger partial charge in [-0.05, 0) is 44.1 Å². The molecule has 17 heavy (non-hydrogen) atoms. The Kier molecular flexibility index (Phi) is 4.61. The largest absolute Gasteiger partial charge is 0.389 e. The molecule has 1 aromatic carbocycles. The van der Waals surface area contributed by atoms with Crippen molar-refractivity contribution in [3.8, 4) is 0 Å². The van der Waals surface area contributed by atoms with Crippen LogP contribution in [0, 0.1) is 0 Å². The molecule has 1 saturated heterocycles. The van der Waals surface area contributed by atoms with Gasteiger partial charge in [0.25, 0.3) is 0 Å². The van der Waals surface area contributed by atoms with Crippen molar-refractivity contribution in [2.75, 3.05) is 18.8 Å². The molecule has 0 atom stereocenters. The lowest BCUT2D eigenvalue weighted by molar-refractivity contribution is 0.0339. The van der Waals surface area contributed by atoms with Gasteiger partial charge in [0.1, 0.15) is 0 Å². The van der Waals surface area contributed by atoms with Crippen LogP contribution in [0.25, 0.3) is 0 Å². The fourth-order valence-electron chi connectivity index (χ4n) is 1.84. The van der Waals surface area contributed by atoms with Crippen molar-refractivity contribution in [3.63, 3.8) is 0 Å². The molecule has 0 bridgehead atoms. The summed E-state index contributed by atoms with van der Waals surface area (Å²) in [5.41, 5.74) is -0.582. The standard InChI is InChI=1S/C12H15Cl2NOS/c13-9-1-2-10(14)11(7-9)17-8-12(16)3-5-15-6-4-12/h1-2,7,15-16H,3-6,8H2. The van der Waals surface area contributed by atoms with Gasteiger partial charge in [0.05, 0.1) is 10.6 Å². The highest BCUT2D eigenvalue weighted by Crippen LogP contribution is 2.33. The Morgan fingerprint density at radius 1 is 1.29 bits per heavy atom. The summed E-state index contributed by atoms with van der Waals surface area (Å²) in [5.74, 6) is 0.661. The topological polar surface area (TPSA) is 32.3 Å². The Morgan fingerprint density at radius 3 is 2.71 bits per heavy atom. The number of thioether (sulfide) groups is 1. The summed E-state index contributed by atoms with van der Waals surface area (Å²) in [6, 6.07) is 5.41. The lowest BCUT2D eigenvalue weighted by Gasteiger charge is -2.32. The van der Waals surface area contributed by atoms with Gasteiger partial charge in [-0.25, -0.2) is 0 Å². The average Bonchev–Trinajstić information content (AvgIpc) is 2.31. The molecular formula is C12H15Cl2NOS. The molecule has 1 aliphatic rings. The summed E-state index contributed by atoms with van der Waals surface area (Å²) in [7, 11) is 0. The molecule has 1 fully saturated rings. The molecular weight excluding hydrogens is 277 g/mol. The van der Waals surface area contributed by atoms with E-state index in [9.17, 15) is 5.11 Å². The molecule has 0 aromatic heterocycles. The molecule has 0 saturated carbocycles. The van der Waals surface area contributed by atoms with Crippen LogP contribution in [0.3, 0.4) is 0 Å². The molecule has 1 aliphatic heterocycles. The summed E-state index contributed by atoms with van der Waals surface area (Å²) in [5, 5.41) is 15.0. The third-order valence-corrected chi connectivity index (χ3v) is 4.93. The fourth-order valence-corrected chi connectivity index (χ4v) is 3.48. The Labute approximate surface area is 116 Å². The van der Waals surface area contributed by atoms with Crippen LogP contribution < -0.4 is 5.32 Å². The Balaban J connectivity index is 1.99. The lowest BCUT2D eigenvalue weighted by atomic mass is 9.95. The highest BCUT2D eigenvalue weighted by atomic mass is 35.5. The van der Waals surface area contributed by atoms with E-state index < -0.39 is 5.60 Å². The number of hydrogen-bond donors (Lipinski definition) is 2. The van der Waals surface area contributed by atoms with Gasteiger partial charge in [0, 0.05) is 15.7 Å². The Morgan fingerprint density at radius 2 is 2.00 bits per heavy atom. The molecule has 2 N–H and O–H groups in total. The van der Waals surface area contributed by atoms with Gasteiger partial charge in [-0.15, -0.1) is 11.8 Å². The van der Waals surface area contributed by atoms with E-state index >= 15 is 0 Å². The van der Waals surface area contributed by atoms with Crippen LogP contribution in [0.1, 0.15) is 12.8 Å². The number of hydrogen-bond acceptors (Lipinski definition) is 3. The molecule has 1 heterocycles. The van der Waals surface area contributed by atoms with E-state index in [0.29, 0.717) is 15.8 Å². The van der Waals surface area contributed by atoms with Gasteiger partial charge in [0.2, 0.25) is 0 Å². The Bertz CT molecular complexity index is 394. The van der Waals surface area contributed by atoms with E-state index in [-0.39, 0.29) is 0 Å². The molecule has 0 aliphatic carbocycles. The highest BCUT2D eigenvalue weighted by molar-refractivity contribution is 7.99. The van der Waals surface area contributed by atoms with E-state index in [0.717, 1.165) is 30.8 Å². The number of piperidine rings is 1. The van der Waals surface area contributed by atoms with Gasteiger partial charge in [-0.3, -0.25) is 0 Å². The molecule has 0 amide bonds. The smallest absolute Gasteiger partial charge is 0.0765 e. The molecule has 2 nitrogen and oxygen atoms in total. The van der Waals surface area contributed by atoms with Crippen molar-refractivity contribution in [1.82, 2.24) is 5.32 Å². The summed E-state index contributed by atoms with van der Waals surface area (Å²) in [6.45, 7) is 1.75. The van der Waals surface area contributed by atoms with Crippen molar-refractivity contribution in [2.24, 2.45) is 0 Å². The summed E-state index contributed by atoms with van der Waals surface area (Å²) in [6.07, 6.45) is 1.58. The summed E-state index contributed by atoms with van der Waals surface area (Å²) in [4.78, 5) is 0.936. The maximum absolute atomic E-state index is 10.4. The van der Waals surface area contributed by atoms with Crippen LogP contribution in [0.5, 0.6) is 0 Å².